The first-order chi connectivity index (χ1) is 12.2. The second kappa shape index (κ2) is 6.12. The van der Waals surface area contributed by atoms with E-state index >= 15 is 0 Å². The fraction of sp³-hybridized carbons (Fsp3) is 0.353. The first kappa shape index (κ1) is 15.5. The van der Waals surface area contributed by atoms with Gasteiger partial charge in [-0.05, 0) is 31.5 Å². The van der Waals surface area contributed by atoms with Crippen LogP contribution in [-0.2, 0) is 6.54 Å². The number of aromatic nitrogens is 5. The van der Waals surface area contributed by atoms with Gasteiger partial charge >= 0.3 is 5.69 Å². The maximum absolute atomic E-state index is 12.8. The van der Waals surface area contributed by atoms with E-state index in [1.165, 1.54) is 6.33 Å². The number of fused-ring (bicyclic) bond motifs is 1. The smallest absolute Gasteiger partial charge is 0.330 e. The number of aryl methyl sites for hydroxylation is 1. The molecule has 0 bridgehead atoms. The minimum absolute atomic E-state index is 0.0717. The number of nitrogens with zero attached hydrogens (tertiary/aromatic N) is 6. The van der Waals surface area contributed by atoms with Gasteiger partial charge in [0.25, 0.3) is 5.91 Å². The number of carbonyl (C=O) groups excluding carboxylic acids is 1. The summed E-state index contributed by atoms with van der Waals surface area (Å²) in [6.45, 7) is 3.59. The molecule has 1 saturated heterocycles. The molecule has 0 radical (unpaired) electrons. The van der Waals surface area contributed by atoms with Crippen LogP contribution in [-0.4, -0.2) is 48.0 Å². The molecule has 0 aliphatic carbocycles. The summed E-state index contributed by atoms with van der Waals surface area (Å²) in [7, 11) is 0. The lowest BCUT2D eigenvalue weighted by Gasteiger charge is -2.16. The molecule has 4 rings (SSSR count). The molecular formula is C17H18N6O2. The van der Waals surface area contributed by atoms with Crippen LogP contribution in [0.3, 0.4) is 0 Å². The van der Waals surface area contributed by atoms with Crippen molar-refractivity contribution < 1.29 is 4.79 Å². The molecule has 0 N–H and O–H groups in total. The Labute approximate surface area is 143 Å². The summed E-state index contributed by atoms with van der Waals surface area (Å²) in [5.41, 5.74) is 1.81. The van der Waals surface area contributed by atoms with E-state index in [4.69, 9.17) is 0 Å². The molecule has 1 atom stereocenters. The van der Waals surface area contributed by atoms with Gasteiger partial charge in [0, 0.05) is 32.0 Å². The maximum Gasteiger partial charge on any atom is 0.330 e. The summed E-state index contributed by atoms with van der Waals surface area (Å²) in [5, 5.41) is 0. The molecule has 1 amide bonds. The fourth-order valence-corrected chi connectivity index (χ4v) is 3.46. The Morgan fingerprint density at radius 1 is 1.28 bits per heavy atom. The summed E-state index contributed by atoms with van der Waals surface area (Å²) < 4.78 is 3.45. The van der Waals surface area contributed by atoms with Gasteiger partial charge < -0.3 is 4.90 Å². The highest BCUT2D eigenvalue weighted by atomic mass is 16.2. The van der Waals surface area contributed by atoms with Crippen molar-refractivity contribution >= 4 is 17.1 Å². The predicted molar refractivity (Wildman–Crippen MR) is 91.3 cm³/mol. The first-order valence-electron chi connectivity index (χ1n) is 8.31. The van der Waals surface area contributed by atoms with Crippen LogP contribution in [0.5, 0.6) is 0 Å². The normalized spacial score (nSPS) is 17.3. The number of rotatable bonds is 3. The lowest BCUT2D eigenvalue weighted by Crippen LogP contribution is -2.32. The summed E-state index contributed by atoms with van der Waals surface area (Å²) in [4.78, 5) is 39.4. The fourth-order valence-electron chi connectivity index (χ4n) is 3.46. The number of imidazole rings is 1. The maximum atomic E-state index is 12.8. The van der Waals surface area contributed by atoms with Gasteiger partial charge in [-0.25, -0.2) is 19.7 Å². The molecule has 0 aromatic carbocycles. The molecule has 1 aliphatic heterocycles. The average Bonchev–Trinajstić information content (AvgIpc) is 3.23. The van der Waals surface area contributed by atoms with Crippen molar-refractivity contribution in [3.8, 4) is 0 Å². The van der Waals surface area contributed by atoms with E-state index in [0.717, 1.165) is 11.9 Å². The Morgan fingerprint density at radius 3 is 2.92 bits per heavy atom. The van der Waals surface area contributed by atoms with Crippen molar-refractivity contribution in [2.45, 2.75) is 25.9 Å². The van der Waals surface area contributed by atoms with Crippen molar-refractivity contribution in [2.75, 3.05) is 13.1 Å². The number of hydrogen-bond acceptors (Lipinski definition) is 5. The van der Waals surface area contributed by atoms with Crippen LogP contribution in [0.2, 0.25) is 0 Å². The van der Waals surface area contributed by atoms with Crippen LogP contribution in [0.25, 0.3) is 11.2 Å². The minimum atomic E-state index is -0.134. The Balaban J connectivity index is 1.67. The Kier molecular flexibility index (Phi) is 3.79. The van der Waals surface area contributed by atoms with Gasteiger partial charge in [0.15, 0.2) is 5.65 Å². The lowest BCUT2D eigenvalue weighted by molar-refractivity contribution is 0.0781. The molecule has 8 nitrogen and oxygen atoms in total. The van der Waals surface area contributed by atoms with Crippen LogP contribution >= 0.6 is 0 Å². The highest BCUT2D eigenvalue weighted by molar-refractivity contribution is 5.92. The van der Waals surface area contributed by atoms with Gasteiger partial charge in [0.05, 0.1) is 11.6 Å². The molecule has 8 heteroatoms. The number of likely N-dealkylation sites (tertiary alicyclic amines) is 1. The lowest BCUT2D eigenvalue weighted by atomic mass is 10.2. The van der Waals surface area contributed by atoms with Crippen LogP contribution < -0.4 is 5.69 Å². The van der Waals surface area contributed by atoms with Gasteiger partial charge in [-0.2, -0.15) is 0 Å². The second-order valence-electron chi connectivity index (χ2n) is 6.03. The number of hydrogen-bond donors (Lipinski definition) is 0. The second-order valence-corrected chi connectivity index (χ2v) is 6.03. The van der Waals surface area contributed by atoms with Crippen molar-refractivity contribution in [2.24, 2.45) is 0 Å². The molecule has 25 heavy (non-hydrogen) atoms. The molecule has 0 unspecified atom stereocenters. The average molecular weight is 338 g/mol. The van der Waals surface area contributed by atoms with Crippen LogP contribution in [0.4, 0.5) is 0 Å². The molecule has 1 fully saturated rings. The van der Waals surface area contributed by atoms with Gasteiger partial charge in [-0.1, -0.05) is 0 Å². The van der Waals surface area contributed by atoms with E-state index < -0.39 is 0 Å². The third kappa shape index (κ3) is 2.50. The Bertz CT molecular complexity index is 978. The van der Waals surface area contributed by atoms with Crippen molar-refractivity contribution in [1.82, 2.24) is 29.0 Å². The van der Waals surface area contributed by atoms with Crippen LogP contribution in [0.15, 0.2) is 41.7 Å². The minimum Gasteiger partial charge on any atom is -0.335 e. The van der Waals surface area contributed by atoms with Crippen LogP contribution in [0, 0.1) is 0 Å². The molecule has 0 spiro atoms. The molecule has 0 saturated carbocycles. The molecule has 4 heterocycles. The molecule has 1 aliphatic rings. The van der Waals surface area contributed by atoms with Gasteiger partial charge in [-0.15, -0.1) is 0 Å². The van der Waals surface area contributed by atoms with E-state index in [9.17, 15) is 9.59 Å². The molecule has 3 aromatic heterocycles. The summed E-state index contributed by atoms with van der Waals surface area (Å²) in [6.07, 6.45) is 5.33. The van der Waals surface area contributed by atoms with E-state index in [1.807, 2.05) is 19.1 Å². The standard InChI is InChI=1S/C17H18N6O2/c1-2-22-14-4-3-7-19-15(14)23(17(22)25)12-6-9-21(10-12)16(24)13-5-8-18-11-20-13/h3-5,7-8,11-12H,2,6,9-10H2,1H3/t12-/m1/s1. The quantitative estimate of drug-likeness (QED) is 0.714. The molecule has 3 aromatic rings. The number of amides is 1. The van der Waals surface area contributed by atoms with Gasteiger partial charge in [0.2, 0.25) is 0 Å². The summed E-state index contributed by atoms with van der Waals surface area (Å²) >= 11 is 0. The van der Waals surface area contributed by atoms with E-state index in [0.29, 0.717) is 31.0 Å². The highest BCUT2D eigenvalue weighted by Gasteiger charge is 2.31. The number of pyridine rings is 1. The molecular weight excluding hydrogens is 320 g/mol. The van der Waals surface area contributed by atoms with Crippen molar-refractivity contribution in [1.29, 1.82) is 0 Å². The first-order valence-corrected chi connectivity index (χ1v) is 8.31. The number of carbonyl (C=O) groups is 1. The third-order valence-corrected chi connectivity index (χ3v) is 4.66. The van der Waals surface area contributed by atoms with Gasteiger partial charge in [0.1, 0.15) is 12.0 Å². The Hall–Kier alpha value is -3.03. The van der Waals surface area contributed by atoms with E-state index in [-0.39, 0.29) is 17.6 Å². The summed E-state index contributed by atoms with van der Waals surface area (Å²) in [6, 6.07) is 5.26. The van der Waals surface area contributed by atoms with Gasteiger partial charge in [-0.3, -0.25) is 13.9 Å². The largest absolute Gasteiger partial charge is 0.335 e. The zero-order valence-corrected chi connectivity index (χ0v) is 13.9. The SMILES string of the molecule is CCn1c(=O)n([C@@H]2CCN(C(=O)c3ccncn3)C2)c2ncccc21. The predicted octanol–water partition coefficient (Wildman–Crippen LogP) is 1.10. The van der Waals surface area contributed by atoms with Crippen LogP contribution in [0.1, 0.15) is 29.9 Å². The third-order valence-electron chi connectivity index (χ3n) is 4.66. The van der Waals surface area contributed by atoms with Crippen molar-refractivity contribution in [3.63, 3.8) is 0 Å². The summed E-state index contributed by atoms with van der Waals surface area (Å²) in [5.74, 6) is -0.134. The zero-order valence-electron chi connectivity index (χ0n) is 13.9. The van der Waals surface area contributed by atoms with E-state index in [2.05, 4.69) is 15.0 Å². The zero-order chi connectivity index (χ0) is 17.4. The monoisotopic (exact) mass is 338 g/mol. The molecule has 128 valence electrons. The highest BCUT2D eigenvalue weighted by Crippen LogP contribution is 2.25. The van der Waals surface area contributed by atoms with Crippen molar-refractivity contribution in [3.05, 3.63) is 53.1 Å². The van der Waals surface area contributed by atoms with E-state index in [1.54, 1.807) is 32.5 Å². The topological polar surface area (TPSA) is 85.9 Å². The Morgan fingerprint density at radius 2 is 2.16 bits per heavy atom.